The van der Waals surface area contributed by atoms with Gasteiger partial charge in [0.1, 0.15) is 0 Å². The molecule has 0 aromatic heterocycles. The van der Waals surface area contributed by atoms with Crippen LogP contribution in [0, 0.1) is 16.0 Å². The van der Waals surface area contributed by atoms with Crippen molar-refractivity contribution in [3.05, 3.63) is 32.8 Å². The summed E-state index contributed by atoms with van der Waals surface area (Å²) in [5.74, 6) is 0.572. The molecule has 7 heteroatoms. The smallest absolute Gasteiger partial charge is 0.283 e. The third-order valence-corrected chi connectivity index (χ3v) is 3.48. The number of benzene rings is 1. The zero-order valence-electron chi connectivity index (χ0n) is 10.2. The molecule has 1 aliphatic carbocycles. The molecule has 0 aliphatic heterocycles. The molecule has 0 spiro atoms. The molecule has 0 bridgehead atoms. The second-order valence-electron chi connectivity index (χ2n) is 4.55. The van der Waals surface area contributed by atoms with Gasteiger partial charge in [0.15, 0.2) is 0 Å². The molecule has 102 valence electrons. The molecule has 6 nitrogen and oxygen atoms in total. The summed E-state index contributed by atoms with van der Waals surface area (Å²) in [5, 5.41) is 16.4. The molecule has 19 heavy (non-hydrogen) atoms. The number of amides is 1. The number of nitrogens with zero attached hydrogens (tertiary/aromatic N) is 1. The molecule has 1 saturated carbocycles. The summed E-state index contributed by atoms with van der Waals surface area (Å²) in [6.45, 7) is 1.13. The number of rotatable bonds is 6. The summed E-state index contributed by atoms with van der Waals surface area (Å²) in [6.07, 6.45) is 2.48. The van der Waals surface area contributed by atoms with Crippen molar-refractivity contribution >= 4 is 33.2 Å². The van der Waals surface area contributed by atoms with E-state index >= 15 is 0 Å². The van der Waals surface area contributed by atoms with Crippen molar-refractivity contribution in [3.8, 4) is 0 Å². The Morgan fingerprint density at radius 3 is 2.79 bits per heavy atom. The van der Waals surface area contributed by atoms with Gasteiger partial charge >= 0.3 is 0 Å². The minimum absolute atomic E-state index is 0.0233. The maximum atomic E-state index is 11.6. The Morgan fingerprint density at radius 2 is 2.21 bits per heavy atom. The number of nitrogens with one attached hydrogen (secondary N) is 2. The average molecular weight is 328 g/mol. The Kier molecular flexibility index (Phi) is 4.49. The lowest BCUT2D eigenvalue weighted by atomic mass is 10.3. The summed E-state index contributed by atoms with van der Waals surface area (Å²) in [5.41, 5.74) is 0.514. The Hall–Kier alpha value is -1.47. The maximum Gasteiger partial charge on any atom is 0.283 e. The van der Waals surface area contributed by atoms with Gasteiger partial charge in [0.2, 0.25) is 5.91 Å². The van der Waals surface area contributed by atoms with E-state index in [1.54, 1.807) is 0 Å². The molecule has 0 radical (unpaired) electrons. The van der Waals surface area contributed by atoms with E-state index < -0.39 is 4.92 Å². The molecule has 1 aliphatic rings. The molecule has 2 rings (SSSR count). The zero-order chi connectivity index (χ0) is 13.8. The van der Waals surface area contributed by atoms with Crippen LogP contribution in [0.5, 0.6) is 0 Å². The van der Waals surface area contributed by atoms with Crippen LogP contribution in [-0.2, 0) is 4.79 Å². The van der Waals surface area contributed by atoms with E-state index in [-0.39, 0.29) is 18.1 Å². The highest BCUT2D eigenvalue weighted by Crippen LogP contribution is 2.28. The largest absolute Gasteiger partial charge is 0.325 e. The van der Waals surface area contributed by atoms with Crippen LogP contribution in [0.1, 0.15) is 12.8 Å². The molecule has 1 amide bonds. The van der Waals surface area contributed by atoms with E-state index in [0.717, 1.165) is 12.5 Å². The van der Waals surface area contributed by atoms with Crippen molar-refractivity contribution in [2.75, 3.05) is 18.4 Å². The highest BCUT2D eigenvalue weighted by molar-refractivity contribution is 9.10. The number of nitro benzene ring substituents is 1. The fourth-order valence-electron chi connectivity index (χ4n) is 1.65. The predicted molar refractivity (Wildman–Crippen MR) is 75.0 cm³/mol. The first kappa shape index (κ1) is 14.0. The molecule has 2 N–H and O–H groups in total. The Labute approximate surface area is 118 Å². The van der Waals surface area contributed by atoms with Gasteiger partial charge < -0.3 is 10.6 Å². The Bertz CT molecular complexity index is 503. The zero-order valence-corrected chi connectivity index (χ0v) is 11.8. The van der Waals surface area contributed by atoms with Crippen LogP contribution in [0.25, 0.3) is 0 Å². The van der Waals surface area contributed by atoms with Crippen molar-refractivity contribution in [2.24, 2.45) is 5.92 Å². The molecule has 1 fully saturated rings. The van der Waals surface area contributed by atoms with Gasteiger partial charge in [0, 0.05) is 11.8 Å². The number of carbonyl (C=O) groups excluding carboxylic acids is 1. The van der Waals surface area contributed by atoms with Gasteiger partial charge in [-0.3, -0.25) is 14.9 Å². The molecule has 0 unspecified atom stereocenters. The average Bonchev–Trinajstić information content (AvgIpc) is 3.12. The van der Waals surface area contributed by atoms with Gasteiger partial charge in [0.05, 0.1) is 15.9 Å². The highest BCUT2D eigenvalue weighted by atomic mass is 79.9. The monoisotopic (exact) mass is 327 g/mol. The standard InChI is InChI=1S/C12H14BrN3O3/c13-10-5-9(3-4-11(10)16(18)19)15-12(17)7-14-6-8-1-2-8/h3-5,8,14H,1-2,6-7H2,(H,15,17). The first-order valence-corrected chi connectivity index (χ1v) is 6.80. The van der Waals surface area contributed by atoms with Gasteiger partial charge in [-0.15, -0.1) is 0 Å². The summed E-state index contributed by atoms with van der Waals surface area (Å²) >= 11 is 3.11. The number of carbonyl (C=O) groups is 1. The number of halogens is 1. The number of hydrogen-bond acceptors (Lipinski definition) is 4. The van der Waals surface area contributed by atoms with Crippen molar-refractivity contribution in [3.63, 3.8) is 0 Å². The third-order valence-electron chi connectivity index (χ3n) is 2.84. The lowest BCUT2D eigenvalue weighted by Crippen LogP contribution is -2.29. The van der Waals surface area contributed by atoms with Crippen LogP contribution in [0.15, 0.2) is 22.7 Å². The molecule has 0 atom stereocenters. The molecule has 0 saturated heterocycles. The normalized spacial score (nSPS) is 14.2. The van der Waals surface area contributed by atoms with Crippen molar-refractivity contribution < 1.29 is 9.72 Å². The Balaban J connectivity index is 1.85. The maximum absolute atomic E-state index is 11.6. The quantitative estimate of drug-likeness (QED) is 0.620. The molecule has 1 aromatic rings. The van der Waals surface area contributed by atoms with Crippen LogP contribution < -0.4 is 10.6 Å². The van der Waals surface area contributed by atoms with Crippen molar-refractivity contribution in [2.45, 2.75) is 12.8 Å². The number of hydrogen-bond donors (Lipinski definition) is 2. The first-order valence-electron chi connectivity index (χ1n) is 6.01. The fraction of sp³-hybridized carbons (Fsp3) is 0.417. The summed E-state index contributed by atoms with van der Waals surface area (Å²) in [6, 6.07) is 4.40. The minimum Gasteiger partial charge on any atom is -0.325 e. The molecule has 1 aromatic carbocycles. The van der Waals surface area contributed by atoms with Crippen LogP contribution in [-0.4, -0.2) is 23.9 Å². The van der Waals surface area contributed by atoms with Crippen molar-refractivity contribution in [1.29, 1.82) is 0 Å². The summed E-state index contributed by atoms with van der Waals surface area (Å²) in [4.78, 5) is 21.8. The van der Waals surface area contributed by atoms with E-state index in [9.17, 15) is 14.9 Å². The fourth-order valence-corrected chi connectivity index (χ4v) is 2.17. The molecular formula is C12H14BrN3O3. The summed E-state index contributed by atoms with van der Waals surface area (Å²) in [7, 11) is 0. The lowest BCUT2D eigenvalue weighted by molar-refractivity contribution is -0.385. The van der Waals surface area contributed by atoms with E-state index in [1.165, 1.54) is 31.0 Å². The van der Waals surface area contributed by atoms with E-state index in [1.807, 2.05) is 0 Å². The SMILES string of the molecule is O=C(CNCC1CC1)Nc1ccc([N+](=O)[O-])c(Br)c1. The first-order chi connectivity index (χ1) is 9.06. The summed E-state index contributed by atoms with van der Waals surface area (Å²) < 4.78 is 0.348. The van der Waals surface area contributed by atoms with E-state index in [4.69, 9.17) is 0 Å². The highest BCUT2D eigenvalue weighted by Gasteiger charge is 2.20. The van der Waals surface area contributed by atoms with Crippen LogP contribution in [0.3, 0.4) is 0 Å². The minimum atomic E-state index is -0.479. The van der Waals surface area contributed by atoms with Crippen LogP contribution in [0.2, 0.25) is 0 Å². The number of anilines is 1. The van der Waals surface area contributed by atoms with Gasteiger partial charge in [-0.05, 0) is 53.4 Å². The molecule has 0 heterocycles. The topological polar surface area (TPSA) is 84.3 Å². The second-order valence-corrected chi connectivity index (χ2v) is 5.40. The Morgan fingerprint density at radius 1 is 1.47 bits per heavy atom. The van der Waals surface area contributed by atoms with Gasteiger partial charge in [-0.2, -0.15) is 0 Å². The van der Waals surface area contributed by atoms with E-state index in [0.29, 0.717) is 10.2 Å². The molecular weight excluding hydrogens is 314 g/mol. The van der Waals surface area contributed by atoms with Gasteiger partial charge in [0.25, 0.3) is 5.69 Å². The number of nitro groups is 1. The van der Waals surface area contributed by atoms with Gasteiger partial charge in [-0.25, -0.2) is 0 Å². The van der Waals surface area contributed by atoms with Crippen molar-refractivity contribution in [1.82, 2.24) is 5.32 Å². The third kappa shape index (κ3) is 4.29. The van der Waals surface area contributed by atoms with Crippen LogP contribution in [0.4, 0.5) is 11.4 Å². The van der Waals surface area contributed by atoms with Gasteiger partial charge in [-0.1, -0.05) is 0 Å². The van der Waals surface area contributed by atoms with E-state index in [2.05, 4.69) is 26.6 Å². The second kappa shape index (κ2) is 6.12. The predicted octanol–water partition coefficient (Wildman–Crippen LogP) is 2.30. The van der Waals surface area contributed by atoms with Crippen LogP contribution >= 0.6 is 15.9 Å². The lowest BCUT2D eigenvalue weighted by Gasteiger charge is -2.06.